The molecule has 7 rings (SSSR count). The van der Waals surface area contributed by atoms with Crippen LogP contribution in [0.3, 0.4) is 0 Å². The number of ether oxygens (including phenoxy) is 3. The molecule has 6 aromatic rings. The number of fused-ring (bicyclic) bond motifs is 1. The van der Waals surface area contributed by atoms with E-state index in [2.05, 4.69) is 20.8 Å². The summed E-state index contributed by atoms with van der Waals surface area (Å²) in [5, 5.41) is 14.8. The molecule has 0 saturated carbocycles. The summed E-state index contributed by atoms with van der Waals surface area (Å²) in [5.74, 6) is -1.04. The van der Waals surface area contributed by atoms with Gasteiger partial charge < -0.3 is 34.8 Å². The molecule has 1 atom stereocenters. The van der Waals surface area contributed by atoms with Gasteiger partial charge in [-0.15, -0.1) is 0 Å². The quantitative estimate of drug-likeness (QED) is 0.103. The molecule has 298 valence electrons. The summed E-state index contributed by atoms with van der Waals surface area (Å²) in [6, 6.07) is 9.18. The van der Waals surface area contributed by atoms with Crippen molar-refractivity contribution in [3.05, 3.63) is 70.3 Å². The zero-order chi connectivity index (χ0) is 40.5. The zero-order valence-electron chi connectivity index (χ0n) is 32.3. The number of amides is 4. The molecule has 5 heterocycles. The van der Waals surface area contributed by atoms with Crippen molar-refractivity contribution in [1.29, 1.82) is 0 Å². The number of hydrogen-bond donors (Lipinski definition) is 4. The van der Waals surface area contributed by atoms with E-state index in [0.29, 0.717) is 88.9 Å². The zero-order valence-corrected chi connectivity index (χ0v) is 32.3. The van der Waals surface area contributed by atoms with E-state index in [9.17, 15) is 19.2 Å². The number of benzene rings is 2. The Kier molecular flexibility index (Phi) is 10.7. The number of nitrogens with two attached hydrogens (primary N) is 2. The van der Waals surface area contributed by atoms with Crippen LogP contribution in [0.15, 0.2) is 36.4 Å². The number of rotatable bonds is 16. The van der Waals surface area contributed by atoms with Crippen LogP contribution in [0.1, 0.15) is 85.8 Å². The molecule has 2 aromatic carbocycles. The Morgan fingerprint density at radius 1 is 0.807 bits per heavy atom. The topological polar surface area (TPSA) is 243 Å². The summed E-state index contributed by atoms with van der Waals surface area (Å²) in [4.78, 5) is 61.8. The smallest absolute Gasteiger partial charge is 0.276 e. The third-order valence-corrected chi connectivity index (χ3v) is 9.68. The minimum atomic E-state index is -0.672. The number of methoxy groups -OCH3 is 1. The number of imidazole rings is 2. The maximum Gasteiger partial charge on any atom is 0.276 e. The van der Waals surface area contributed by atoms with Gasteiger partial charge in [-0.3, -0.25) is 39.2 Å². The van der Waals surface area contributed by atoms with Gasteiger partial charge in [0.25, 0.3) is 11.8 Å². The lowest BCUT2D eigenvalue weighted by Crippen LogP contribution is -2.27. The summed E-state index contributed by atoms with van der Waals surface area (Å²) >= 11 is 0. The van der Waals surface area contributed by atoms with Crippen LogP contribution in [0, 0.1) is 13.8 Å². The summed E-state index contributed by atoms with van der Waals surface area (Å²) in [6.07, 6.45) is 0.926. The van der Waals surface area contributed by atoms with E-state index in [1.165, 1.54) is 0 Å². The minimum Gasteiger partial charge on any atom is -0.491 e. The van der Waals surface area contributed by atoms with Gasteiger partial charge in [-0.1, -0.05) is 0 Å². The van der Waals surface area contributed by atoms with Crippen LogP contribution in [-0.4, -0.2) is 89.2 Å². The van der Waals surface area contributed by atoms with Crippen LogP contribution in [0.2, 0.25) is 0 Å². The van der Waals surface area contributed by atoms with Crippen LogP contribution in [0.25, 0.3) is 22.1 Å². The van der Waals surface area contributed by atoms with Crippen molar-refractivity contribution in [2.45, 2.75) is 66.2 Å². The van der Waals surface area contributed by atoms with Gasteiger partial charge in [-0.25, -0.2) is 9.97 Å². The predicted octanol–water partition coefficient (Wildman–Crippen LogP) is 3.58. The standard InChI is InChI=1S/C38H44N12O7/c1-6-48-27(13-20(3)45-48)35(53)43-37-41-25-15-22(33(39)51)17-29(56-12-8-11-55-5)31(25)47(37)10-9-24-19-57-30-18-23(34(40)52)16-26-32(30)50(24)38(42-26)44-36(54)28-14-21(4)46-49(28)7-2/h13-18,24H,6-12,19H2,1-5H3,(H2,39,51)(H2,40,52)(H,41,43,53)(H,42,44,54)/t24-/m0/s1. The monoisotopic (exact) mass is 780 g/mol. The number of hydrogen-bond acceptors (Lipinski definition) is 11. The third-order valence-electron chi connectivity index (χ3n) is 9.68. The highest BCUT2D eigenvalue weighted by Gasteiger charge is 2.31. The van der Waals surface area contributed by atoms with E-state index >= 15 is 0 Å². The molecule has 0 radical (unpaired) electrons. The summed E-state index contributed by atoms with van der Waals surface area (Å²) in [5.41, 5.74) is 15.7. The number of anilines is 2. The number of primary amides is 2. The molecule has 1 aliphatic rings. The maximum absolute atomic E-state index is 13.8. The molecule has 19 heteroatoms. The number of carbonyl (C=O) groups is 4. The minimum absolute atomic E-state index is 0.130. The number of carbonyl (C=O) groups excluding carboxylic acids is 4. The first-order valence-electron chi connectivity index (χ1n) is 18.6. The second-order valence-corrected chi connectivity index (χ2v) is 13.6. The van der Waals surface area contributed by atoms with E-state index in [1.807, 2.05) is 29.9 Å². The van der Waals surface area contributed by atoms with Crippen molar-refractivity contribution in [1.82, 2.24) is 38.7 Å². The first-order valence-corrected chi connectivity index (χ1v) is 18.6. The van der Waals surface area contributed by atoms with Gasteiger partial charge in [0.1, 0.15) is 40.5 Å². The Morgan fingerprint density at radius 2 is 1.39 bits per heavy atom. The number of aromatic nitrogens is 8. The first kappa shape index (κ1) is 38.5. The molecular formula is C38H44N12O7. The van der Waals surface area contributed by atoms with E-state index in [0.717, 1.165) is 0 Å². The normalized spacial score (nSPS) is 13.5. The highest BCUT2D eigenvalue weighted by molar-refractivity contribution is 6.05. The van der Waals surface area contributed by atoms with Crippen molar-refractivity contribution < 1.29 is 33.4 Å². The molecule has 1 aliphatic heterocycles. The van der Waals surface area contributed by atoms with Gasteiger partial charge in [0.05, 0.1) is 35.1 Å². The lowest BCUT2D eigenvalue weighted by atomic mass is 10.1. The van der Waals surface area contributed by atoms with E-state index in [-0.39, 0.29) is 42.8 Å². The second kappa shape index (κ2) is 15.8. The summed E-state index contributed by atoms with van der Waals surface area (Å²) in [6.45, 7) is 9.42. The van der Waals surface area contributed by atoms with Gasteiger partial charge in [-0.2, -0.15) is 10.2 Å². The number of aryl methyl sites for hydroxylation is 5. The highest BCUT2D eigenvalue weighted by atomic mass is 16.5. The van der Waals surface area contributed by atoms with Crippen LogP contribution in [-0.2, 0) is 24.4 Å². The molecule has 0 saturated heterocycles. The van der Waals surface area contributed by atoms with Gasteiger partial charge in [0, 0.05) is 50.9 Å². The van der Waals surface area contributed by atoms with Crippen LogP contribution >= 0.6 is 0 Å². The predicted molar refractivity (Wildman–Crippen MR) is 209 cm³/mol. The fourth-order valence-corrected chi connectivity index (χ4v) is 7.09. The second-order valence-electron chi connectivity index (χ2n) is 13.6. The molecule has 0 fully saturated rings. The SMILES string of the molecule is CCn1nc(C)cc1C(=O)Nc1nc2cc(C(N)=O)cc(OCCCOC)c2n1CC[C@H]1COc2cc(C(N)=O)cc3nc(NC(=O)c4cc(C)nn4CC)n1c23. The van der Waals surface area contributed by atoms with Crippen LogP contribution < -0.4 is 31.6 Å². The van der Waals surface area contributed by atoms with Crippen LogP contribution in [0.4, 0.5) is 11.9 Å². The molecule has 0 spiro atoms. The Bertz CT molecular complexity index is 2550. The average molecular weight is 781 g/mol. The van der Waals surface area contributed by atoms with Crippen LogP contribution in [0.5, 0.6) is 11.5 Å². The van der Waals surface area contributed by atoms with E-state index in [4.69, 9.17) is 35.6 Å². The molecule has 4 amide bonds. The summed E-state index contributed by atoms with van der Waals surface area (Å²) in [7, 11) is 1.60. The van der Waals surface area contributed by atoms with Crippen molar-refractivity contribution in [3.8, 4) is 11.5 Å². The van der Waals surface area contributed by atoms with Crippen molar-refractivity contribution >= 4 is 57.6 Å². The Hall–Kier alpha value is -6.76. The van der Waals surface area contributed by atoms with E-state index in [1.54, 1.807) is 59.8 Å². The molecule has 57 heavy (non-hydrogen) atoms. The lowest BCUT2D eigenvalue weighted by Gasteiger charge is -2.28. The molecule has 0 aliphatic carbocycles. The van der Waals surface area contributed by atoms with Crippen molar-refractivity contribution in [3.63, 3.8) is 0 Å². The molecule has 6 N–H and O–H groups in total. The van der Waals surface area contributed by atoms with Crippen molar-refractivity contribution in [2.24, 2.45) is 11.5 Å². The molecule has 19 nitrogen and oxygen atoms in total. The molecule has 0 unspecified atom stereocenters. The van der Waals surface area contributed by atoms with Gasteiger partial charge in [-0.05, 0) is 70.5 Å². The fraction of sp³-hybridized carbons (Fsp3) is 0.368. The average Bonchev–Trinajstić information content (AvgIpc) is 3.95. The first-order chi connectivity index (χ1) is 27.4. The van der Waals surface area contributed by atoms with Crippen molar-refractivity contribution in [2.75, 3.05) is 37.6 Å². The molecule has 0 bridgehead atoms. The van der Waals surface area contributed by atoms with E-state index < -0.39 is 29.7 Å². The Balaban J connectivity index is 1.31. The maximum atomic E-state index is 13.8. The van der Waals surface area contributed by atoms with Gasteiger partial charge in [0.2, 0.25) is 23.7 Å². The van der Waals surface area contributed by atoms with Gasteiger partial charge in [0.15, 0.2) is 0 Å². The van der Waals surface area contributed by atoms with Gasteiger partial charge >= 0.3 is 0 Å². The lowest BCUT2D eigenvalue weighted by molar-refractivity contribution is 0.0991. The molecular weight excluding hydrogens is 736 g/mol. The third kappa shape index (κ3) is 7.48. The number of nitrogens with one attached hydrogen (secondary N) is 2. The highest BCUT2D eigenvalue weighted by Crippen LogP contribution is 2.39. The Morgan fingerprint density at radius 3 is 1.98 bits per heavy atom. The Labute approximate surface area is 326 Å². The fourth-order valence-electron chi connectivity index (χ4n) is 7.09. The molecule has 4 aromatic heterocycles. The summed E-state index contributed by atoms with van der Waals surface area (Å²) < 4.78 is 24.5. The largest absolute Gasteiger partial charge is 0.491 e. The number of nitrogens with zero attached hydrogens (tertiary/aromatic N) is 8.